The number of halogens is 2. The molecule has 2 rings (SSSR count). The smallest absolute Gasteiger partial charge is 0.308 e. The lowest BCUT2D eigenvalue weighted by Gasteiger charge is -2.06. The van der Waals surface area contributed by atoms with E-state index in [1.165, 1.54) is 26.2 Å². The average molecular weight is 287 g/mol. The number of hydrogen-bond donors (Lipinski definition) is 0. The number of rotatable bonds is 2. The number of esters is 1. The molecule has 0 saturated heterocycles. The van der Waals surface area contributed by atoms with Crippen molar-refractivity contribution in [2.75, 3.05) is 0 Å². The first-order valence-corrected chi connectivity index (χ1v) is 5.76. The fourth-order valence-corrected chi connectivity index (χ4v) is 2.00. The van der Waals surface area contributed by atoms with Crippen LogP contribution in [0, 0.1) is 0 Å². The Bertz CT molecular complexity index is 658. The third-order valence-corrected chi connectivity index (χ3v) is 3.18. The predicted molar refractivity (Wildman–Crippen MR) is 67.5 cm³/mol. The summed E-state index contributed by atoms with van der Waals surface area (Å²) in [6.07, 6.45) is 1.30. The second kappa shape index (κ2) is 4.63. The molecule has 94 valence electrons. The zero-order chi connectivity index (χ0) is 13.4. The number of carbonyl (C=O) groups is 2. The van der Waals surface area contributed by atoms with Crippen molar-refractivity contribution in [1.29, 1.82) is 0 Å². The van der Waals surface area contributed by atoms with Crippen molar-refractivity contribution in [1.82, 2.24) is 0 Å². The average Bonchev–Trinajstić information content (AvgIpc) is 2.68. The fourth-order valence-electron chi connectivity index (χ4n) is 1.58. The van der Waals surface area contributed by atoms with Crippen LogP contribution in [0.1, 0.15) is 24.2 Å². The summed E-state index contributed by atoms with van der Waals surface area (Å²) in [5, 5.41) is 0.648. The number of Topliss-reactive ketones (excluding diaryl/α,β-unsaturated/α-hetero) is 1. The Morgan fingerprint density at radius 1 is 1.22 bits per heavy atom. The molecule has 0 aliphatic heterocycles. The van der Waals surface area contributed by atoms with Crippen LogP contribution in [0.4, 0.5) is 0 Å². The van der Waals surface area contributed by atoms with Crippen molar-refractivity contribution in [2.24, 2.45) is 0 Å². The summed E-state index contributed by atoms with van der Waals surface area (Å²) < 4.78 is 10.1. The fraction of sp³-hybridized carbons (Fsp3) is 0.167. The molecule has 0 aliphatic carbocycles. The standard InChI is InChI=1S/C12H8Cl2O4/c1-5(15)8-4-17-12-7(8)3-9(18-6(2)16)10(13)11(12)14/h3-4H,1-2H3. The first kappa shape index (κ1) is 12.9. The number of fused-ring (bicyclic) bond motifs is 1. The summed E-state index contributed by atoms with van der Waals surface area (Å²) in [4.78, 5) is 22.4. The van der Waals surface area contributed by atoms with E-state index in [4.69, 9.17) is 32.4 Å². The van der Waals surface area contributed by atoms with Gasteiger partial charge >= 0.3 is 5.97 Å². The van der Waals surface area contributed by atoms with Crippen molar-refractivity contribution in [3.63, 3.8) is 0 Å². The molecule has 0 spiro atoms. The highest BCUT2D eigenvalue weighted by molar-refractivity contribution is 6.46. The minimum Gasteiger partial charge on any atom is -0.462 e. The summed E-state index contributed by atoms with van der Waals surface area (Å²) in [6.45, 7) is 2.65. The zero-order valence-corrected chi connectivity index (χ0v) is 11.1. The summed E-state index contributed by atoms with van der Waals surface area (Å²) in [5.41, 5.74) is 0.653. The van der Waals surface area contributed by atoms with Gasteiger partial charge in [-0.05, 0) is 13.0 Å². The molecule has 0 amide bonds. The Morgan fingerprint density at radius 2 is 1.89 bits per heavy atom. The van der Waals surface area contributed by atoms with Gasteiger partial charge in [0.25, 0.3) is 0 Å². The van der Waals surface area contributed by atoms with Crippen LogP contribution in [0.5, 0.6) is 5.75 Å². The van der Waals surface area contributed by atoms with Crippen LogP contribution >= 0.6 is 23.2 Å². The quantitative estimate of drug-likeness (QED) is 0.478. The maximum atomic E-state index is 11.4. The molecule has 0 saturated carbocycles. The van der Waals surface area contributed by atoms with E-state index >= 15 is 0 Å². The maximum Gasteiger partial charge on any atom is 0.308 e. The van der Waals surface area contributed by atoms with Gasteiger partial charge in [-0.2, -0.15) is 0 Å². The lowest BCUT2D eigenvalue weighted by molar-refractivity contribution is -0.131. The second-order valence-electron chi connectivity index (χ2n) is 3.68. The Balaban J connectivity index is 2.74. The van der Waals surface area contributed by atoms with E-state index in [0.29, 0.717) is 16.5 Å². The molecule has 0 atom stereocenters. The highest BCUT2D eigenvalue weighted by Crippen LogP contribution is 2.40. The van der Waals surface area contributed by atoms with E-state index in [-0.39, 0.29) is 21.6 Å². The molecule has 1 heterocycles. The maximum absolute atomic E-state index is 11.4. The van der Waals surface area contributed by atoms with Crippen LogP contribution < -0.4 is 4.74 Å². The molecule has 4 nitrogen and oxygen atoms in total. The van der Waals surface area contributed by atoms with Crippen molar-refractivity contribution in [3.8, 4) is 5.75 Å². The molecule has 6 heteroatoms. The molecule has 0 bridgehead atoms. The topological polar surface area (TPSA) is 56.5 Å². The Kier molecular flexibility index (Phi) is 3.32. The highest BCUT2D eigenvalue weighted by atomic mass is 35.5. The Labute approximate surface area is 112 Å². The van der Waals surface area contributed by atoms with Crippen molar-refractivity contribution in [2.45, 2.75) is 13.8 Å². The van der Waals surface area contributed by atoms with Gasteiger partial charge in [0.15, 0.2) is 17.1 Å². The molecule has 0 fully saturated rings. The van der Waals surface area contributed by atoms with Gasteiger partial charge in [-0.15, -0.1) is 0 Å². The van der Waals surface area contributed by atoms with Crippen LogP contribution in [0.3, 0.4) is 0 Å². The van der Waals surface area contributed by atoms with E-state index in [0.717, 1.165) is 0 Å². The Hall–Kier alpha value is -1.52. The summed E-state index contributed by atoms with van der Waals surface area (Å²) >= 11 is 12.0. The first-order valence-electron chi connectivity index (χ1n) is 5.00. The highest BCUT2D eigenvalue weighted by Gasteiger charge is 2.19. The van der Waals surface area contributed by atoms with Crippen LogP contribution in [-0.2, 0) is 4.79 Å². The monoisotopic (exact) mass is 286 g/mol. The molecular weight excluding hydrogens is 279 g/mol. The summed E-state index contributed by atoms with van der Waals surface area (Å²) in [6, 6.07) is 1.46. The zero-order valence-electron chi connectivity index (χ0n) is 9.54. The molecule has 1 aromatic carbocycles. The minimum absolute atomic E-state index is 0.0730. The lowest BCUT2D eigenvalue weighted by Crippen LogP contribution is -2.02. The lowest BCUT2D eigenvalue weighted by atomic mass is 10.1. The van der Waals surface area contributed by atoms with E-state index < -0.39 is 5.97 Å². The SMILES string of the molecule is CC(=O)Oc1cc2c(C(C)=O)coc2c(Cl)c1Cl. The molecule has 18 heavy (non-hydrogen) atoms. The number of furan rings is 1. The molecule has 2 aromatic rings. The van der Waals surface area contributed by atoms with Crippen molar-refractivity contribution in [3.05, 3.63) is 27.9 Å². The summed E-state index contributed by atoms with van der Waals surface area (Å²) in [7, 11) is 0. The van der Waals surface area contributed by atoms with Gasteiger partial charge in [-0.25, -0.2) is 0 Å². The van der Waals surface area contributed by atoms with Crippen LogP contribution in [0.2, 0.25) is 10.0 Å². The van der Waals surface area contributed by atoms with Crippen LogP contribution in [0.15, 0.2) is 16.7 Å². The summed E-state index contributed by atoms with van der Waals surface area (Å²) in [5.74, 6) is -0.605. The minimum atomic E-state index is -0.528. The van der Waals surface area contributed by atoms with E-state index in [1.807, 2.05) is 0 Å². The second-order valence-corrected chi connectivity index (χ2v) is 4.43. The Morgan fingerprint density at radius 3 is 2.44 bits per heavy atom. The predicted octanol–water partition coefficient (Wildman–Crippen LogP) is 3.87. The van der Waals surface area contributed by atoms with E-state index in [2.05, 4.69) is 0 Å². The van der Waals surface area contributed by atoms with Gasteiger partial charge < -0.3 is 9.15 Å². The van der Waals surface area contributed by atoms with Gasteiger partial charge in [0.05, 0.1) is 5.56 Å². The van der Waals surface area contributed by atoms with Crippen LogP contribution in [-0.4, -0.2) is 11.8 Å². The van der Waals surface area contributed by atoms with Crippen molar-refractivity contribution >= 4 is 45.9 Å². The van der Waals surface area contributed by atoms with Gasteiger partial charge in [-0.1, -0.05) is 23.2 Å². The molecule has 0 unspecified atom stereocenters. The third kappa shape index (κ3) is 2.09. The number of hydrogen-bond acceptors (Lipinski definition) is 4. The molecule has 0 aliphatic rings. The van der Waals surface area contributed by atoms with Gasteiger partial charge in [0.2, 0.25) is 0 Å². The number of benzene rings is 1. The number of ether oxygens (including phenoxy) is 1. The molecule has 1 aromatic heterocycles. The van der Waals surface area contributed by atoms with E-state index in [9.17, 15) is 9.59 Å². The first-order chi connectivity index (χ1) is 8.41. The number of carbonyl (C=O) groups excluding carboxylic acids is 2. The number of ketones is 1. The van der Waals surface area contributed by atoms with Crippen molar-refractivity contribution < 1.29 is 18.7 Å². The molecule has 0 N–H and O–H groups in total. The largest absolute Gasteiger partial charge is 0.462 e. The van der Waals surface area contributed by atoms with Gasteiger partial charge in [0.1, 0.15) is 16.3 Å². The molecule has 0 radical (unpaired) electrons. The van der Waals surface area contributed by atoms with Crippen LogP contribution in [0.25, 0.3) is 11.0 Å². The van der Waals surface area contributed by atoms with Gasteiger partial charge in [0, 0.05) is 12.3 Å². The van der Waals surface area contributed by atoms with Gasteiger partial charge in [-0.3, -0.25) is 9.59 Å². The third-order valence-electron chi connectivity index (χ3n) is 2.35. The normalized spacial score (nSPS) is 10.7. The van der Waals surface area contributed by atoms with E-state index in [1.54, 1.807) is 0 Å². The molecular formula is C12H8Cl2O4.